The van der Waals surface area contributed by atoms with E-state index in [0.717, 1.165) is 30.8 Å². The van der Waals surface area contributed by atoms with E-state index in [1.807, 2.05) is 36.9 Å². The van der Waals surface area contributed by atoms with Crippen molar-refractivity contribution < 1.29 is 9.59 Å². The molecule has 4 nitrogen and oxygen atoms in total. The van der Waals surface area contributed by atoms with Gasteiger partial charge in [-0.3, -0.25) is 9.59 Å². The minimum absolute atomic E-state index is 0.0115. The first-order valence-corrected chi connectivity index (χ1v) is 9.22. The Hall–Kier alpha value is -2.62. The molecule has 2 aromatic rings. The smallest absolute Gasteiger partial charge is 0.255 e. The van der Waals surface area contributed by atoms with Crippen molar-refractivity contribution in [3.8, 4) is 0 Å². The Morgan fingerprint density at radius 2 is 1.81 bits per heavy atom. The quantitative estimate of drug-likeness (QED) is 0.890. The summed E-state index contributed by atoms with van der Waals surface area (Å²) in [7, 11) is 0. The summed E-state index contributed by atoms with van der Waals surface area (Å²) in [5.74, 6) is 0.344. The highest BCUT2D eigenvalue weighted by atomic mass is 16.2. The average molecular weight is 350 g/mol. The van der Waals surface area contributed by atoms with Gasteiger partial charge in [-0.25, -0.2) is 0 Å². The second-order valence-corrected chi connectivity index (χ2v) is 7.33. The van der Waals surface area contributed by atoms with Gasteiger partial charge in [0.25, 0.3) is 11.8 Å². The van der Waals surface area contributed by atoms with Gasteiger partial charge >= 0.3 is 0 Å². The van der Waals surface area contributed by atoms with E-state index < -0.39 is 0 Å². The zero-order valence-electron chi connectivity index (χ0n) is 15.7. The highest BCUT2D eigenvalue weighted by Crippen LogP contribution is 2.19. The lowest BCUT2D eigenvalue weighted by Gasteiger charge is -2.31. The molecule has 1 aliphatic heterocycles. The Balaban J connectivity index is 1.74. The summed E-state index contributed by atoms with van der Waals surface area (Å²) >= 11 is 0. The van der Waals surface area contributed by atoms with E-state index in [2.05, 4.69) is 12.2 Å². The predicted molar refractivity (Wildman–Crippen MR) is 105 cm³/mol. The van der Waals surface area contributed by atoms with Gasteiger partial charge in [-0.1, -0.05) is 19.1 Å². The minimum Gasteiger partial charge on any atom is -0.338 e. The molecule has 0 saturated carbocycles. The van der Waals surface area contributed by atoms with Crippen LogP contribution in [0.25, 0.3) is 0 Å². The van der Waals surface area contributed by atoms with Gasteiger partial charge in [-0.2, -0.15) is 0 Å². The van der Waals surface area contributed by atoms with Crippen molar-refractivity contribution in [2.45, 2.75) is 33.6 Å². The molecule has 2 aromatic carbocycles. The van der Waals surface area contributed by atoms with Crippen molar-refractivity contribution in [2.24, 2.45) is 5.92 Å². The molecule has 1 fully saturated rings. The van der Waals surface area contributed by atoms with Crippen LogP contribution in [-0.4, -0.2) is 29.8 Å². The SMILES string of the molecule is Cc1ccc(NC(=O)c2cccc(C(=O)N3CCCC(C)C3)c2)cc1C. The molecule has 1 unspecified atom stereocenters. The highest BCUT2D eigenvalue weighted by molar-refractivity contribution is 6.06. The highest BCUT2D eigenvalue weighted by Gasteiger charge is 2.22. The summed E-state index contributed by atoms with van der Waals surface area (Å²) in [6.07, 6.45) is 2.21. The van der Waals surface area contributed by atoms with Crippen molar-refractivity contribution in [1.29, 1.82) is 0 Å². The van der Waals surface area contributed by atoms with E-state index in [4.69, 9.17) is 0 Å². The molecule has 26 heavy (non-hydrogen) atoms. The average Bonchev–Trinajstić information content (AvgIpc) is 2.64. The number of rotatable bonds is 3. The third-order valence-electron chi connectivity index (χ3n) is 5.08. The van der Waals surface area contributed by atoms with Crippen molar-refractivity contribution in [3.05, 3.63) is 64.7 Å². The van der Waals surface area contributed by atoms with Gasteiger partial charge in [0.1, 0.15) is 0 Å². The van der Waals surface area contributed by atoms with E-state index in [9.17, 15) is 9.59 Å². The van der Waals surface area contributed by atoms with E-state index in [1.54, 1.807) is 24.3 Å². The van der Waals surface area contributed by atoms with Crippen molar-refractivity contribution in [3.63, 3.8) is 0 Å². The number of hydrogen-bond donors (Lipinski definition) is 1. The lowest BCUT2D eigenvalue weighted by molar-refractivity contribution is 0.0683. The molecule has 0 radical (unpaired) electrons. The molecule has 0 aliphatic carbocycles. The number of amides is 2. The van der Waals surface area contributed by atoms with Gasteiger partial charge in [-0.05, 0) is 74.1 Å². The van der Waals surface area contributed by atoms with Gasteiger partial charge in [0.15, 0.2) is 0 Å². The van der Waals surface area contributed by atoms with Crippen LogP contribution in [0.5, 0.6) is 0 Å². The Labute approximate surface area is 155 Å². The molecule has 0 bridgehead atoms. The Bertz CT molecular complexity index is 829. The molecule has 136 valence electrons. The molecule has 1 heterocycles. The summed E-state index contributed by atoms with van der Waals surface area (Å²) in [6, 6.07) is 12.8. The molecule has 0 aromatic heterocycles. The van der Waals surface area contributed by atoms with Crippen molar-refractivity contribution in [2.75, 3.05) is 18.4 Å². The summed E-state index contributed by atoms with van der Waals surface area (Å²) in [5.41, 5.74) is 4.16. The monoisotopic (exact) mass is 350 g/mol. The van der Waals surface area contributed by atoms with Gasteiger partial charge in [0, 0.05) is 29.9 Å². The van der Waals surface area contributed by atoms with Crippen molar-refractivity contribution >= 4 is 17.5 Å². The van der Waals surface area contributed by atoms with Gasteiger partial charge < -0.3 is 10.2 Å². The number of piperidine rings is 1. The van der Waals surface area contributed by atoms with E-state index in [-0.39, 0.29) is 11.8 Å². The lowest BCUT2D eigenvalue weighted by atomic mass is 9.99. The fourth-order valence-electron chi connectivity index (χ4n) is 3.37. The third-order valence-corrected chi connectivity index (χ3v) is 5.08. The maximum atomic E-state index is 12.8. The Morgan fingerprint density at radius 3 is 2.54 bits per heavy atom. The summed E-state index contributed by atoms with van der Waals surface area (Å²) in [6.45, 7) is 7.81. The van der Waals surface area contributed by atoms with Gasteiger partial charge in [-0.15, -0.1) is 0 Å². The minimum atomic E-state index is -0.199. The number of nitrogens with one attached hydrogen (secondary N) is 1. The van der Waals surface area contributed by atoms with Crippen LogP contribution in [0.2, 0.25) is 0 Å². The predicted octanol–water partition coefficient (Wildman–Crippen LogP) is 4.43. The van der Waals surface area contributed by atoms with Crippen LogP contribution in [0.15, 0.2) is 42.5 Å². The number of anilines is 1. The van der Waals surface area contributed by atoms with Crippen LogP contribution in [0.3, 0.4) is 0 Å². The second kappa shape index (κ2) is 7.73. The topological polar surface area (TPSA) is 49.4 Å². The van der Waals surface area contributed by atoms with E-state index >= 15 is 0 Å². The fourth-order valence-corrected chi connectivity index (χ4v) is 3.37. The molecular weight excluding hydrogens is 324 g/mol. The normalized spacial score (nSPS) is 17.0. The Kier molecular flexibility index (Phi) is 5.40. The van der Waals surface area contributed by atoms with Gasteiger partial charge in [0.2, 0.25) is 0 Å². The first kappa shape index (κ1) is 18.2. The number of hydrogen-bond acceptors (Lipinski definition) is 2. The molecule has 4 heteroatoms. The summed E-state index contributed by atoms with van der Waals surface area (Å²) in [5, 5.41) is 2.92. The first-order chi connectivity index (χ1) is 12.4. The summed E-state index contributed by atoms with van der Waals surface area (Å²) in [4.78, 5) is 27.2. The molecule has 1 aliphatic rings. The third kappa shape index (κ3) is 4.13. The standard InChI is InChI=1S/C22H26N2O2/c1-15-6-5-11-24(14-15)22(26)19-8-4-7-18(13-19)21(25)23-20-10-9-16(2)17(3)12-20/h4,7-10,12-13,15H,5-6,11,14H2,1-3H3,(H,23,25). The van der Waals surface area contributed by atoms with Crippen LogP contribution >= 0.6 is 0 Å². The lowest BCUT2D eigenvalue weighted by Crippen LogP contribution is -2.39. The molecule has 3 rings (SSSR count). The number of nitrogens with zero attached hydrogens (tertiary/aromatic N) is 1. The van der Waals surface area contributed by atoms with Crippen LogP contribution in [0, 0.1) is 19.8 Å². The zero-order chi connectivity index (χ0) is 18.7. The zero-order valence-corrected chi connectivity index (χ0v) is 15.7. The second-order valence-electron chi connectivity index (χ2n) is 7.33. The largest absolute Gasteiger partial charge is 0.338 e. The molecule has 2 amide bonds. The van der Waals surface area contributed by atoms with E-state index in [1.165, 1.54) is 12.0 Å². The number of carbonyl (C=O) groups is 2. The maximum absolute atomic E-state index is 12.8. The van der Waals surface area contributed by atoms with Crippen LogP contribution < -0.4 is 5.32 Å². The van der Waals surface area contributed by atoms with Crippen molar-refractivity contribution in [1.82, 2.24) is 4.90 Å². The maximum Gasteiger partial charge on any atom is 0.255 e. The first-order valence-electron chi connectivity index (χ1n) is 9.22. The fraction of sp³-hybridized carbons (Fsp3) is 0.364. The number of likely N-dealkylation sites (tertiary alicyclic amines) is 1. The molecule has 1 saturated heterocycles. The van der Waals surface area contributed by atoms with E-state index in [0.29, 0.717) is 17.0 Å². The number of benzene rings is 2. The van der Waals surface area contributed by atoms with Crippen LogP contribution in [0.1, 0.15) is 51.6 Å². The Morgan fingerprint density at radius 1 is 1.04 bits per heavy atom. The summed E-state index contributed by atoms with van der Waals surface area (Å²) < 4.78 is 0. The number of aryl methyl sites for hydroxylation is 2. The molecule has 0 spiro atoms. The molecule has 1 N–H and O–H groups in total. The molecular formula is C22H26N2O2. The van der Waals surface area contributed by atoms with Gasteiger partial charge in [0.05, 0.1) is 0 Å². The number of carbonyl (C=O) groups excluding carboxylic acids is 2. The van der Waals surface area contributed by atoms with Crippen LogP contribution in [0.4, 0.5) is 5.69 Å². The molecule has 1 atom stereocenters. The van der Waals surface area contributed by atoms with Crippen LogP contribution in [-0.2, 0) is 0 Å².